The van der Waals surface area contributed by atoms with Crippen LogP contribution in [0.4, 0.5) is 23.2 Å². The first-order chi connectivity index (χ1) is 14.5. The molecule has 0 aliphatic heterocycles. The molecule has 2 amide bonds. The van der Waals surface area contributed by atoms with E-state index in [1.165, 1.54) is 42.0 Å². The molecule has 1 aromatic heterocycles. The lowest BCUT2D eigenvalue weighted by molar-refractivity contribution is -0.140. The molecule has 0 bridgehead atoms. The van der Waals surface area contributed by atoms with Crippen molar-refractivity contribution in [2.24, 2.45) is 5.73 Å². The van der Waals surface area contributed by atoms with Gasteiger partial charge in [-0.25, -0.2) is 4.39 Å². The number of fused-ring (bicyclic) bond motifs is 1. The van der Waals surface area contributed by atoms with Gasteiger partial charge in [-0.15, -0.1) is 0 Å². The average Bonchev–Trinajstić information content (AvgIpc) is 2.67. The summed E-state index contributed by atoms with van der Waals surface area (Å²) >= 11 is 0. The molecule has 0 aliphatic rings. The summed E-state index contributed by atoms with van der Waals surface area (Å²) in [7, 11) is 0. The number of carbonyl (C=O) groups is 2. The van der Waals surface area contributed by atoms with Crippen LogP contribution in [0.5, 0.6) is 0 Å². The number of alkyl halides is 3. The topological polar surface area (TPSA) is 94.2 Å². The molecule has 0 spiro atoms. The van der Waals surface area contributed by atoms with E-state index in [1.54, 1.807) is 0 Å². The summed E-state index contributed by atoms with van der Waals surface area (Å²) in [5, 5.41) is 3.20. The molecule has 0 radical (unpaired) electrons. The largest absolute Gasteiger partial charge is 0.419 e. The third-order valence-electron chi connectivity index (χ3n) is 4.78. The number of anilines is 1. The van der Waals surface area contributed by atoms with E-state index in [2.05, 4.69) is 5.32 Å². The lowest BCUT2D eigenvalue weighted by Crippen LogP contribution is -2.31. The second-order valence-corrected chi connectivity index (χ2v) is 6.91. The smallest absolute Gasteiger partial charge is 0.368 e. The van der Waals surface area contributed by atoms with Crippen molar-refractivity contribution in [2.45, 2.75) is 25.6 Å². The molecule has 0 saturated heterocycles. The Morgan fingerprint density at radius 1 is 1.13 bits per heavy atom. The van der Waals surface area contributed by atoms with Gasteiger partial charge in [0, 0.05) is 22.7 Å². The van der Waals surface area contributed by atoms with Crippen molar-refractivity contribution in [3.63, 3.8) is 0 Å². The molecule has 0 aliphatic carbocycles. The Hall–Kier alpha value is -3.69. The molecule has 1 atom stereocenters. The van der Waals surface area contributed by atoms with Crippen LogP contribution in [0.1, 0.15) is 24.1 Å². The van der Waals surface area contributed by atoms with Crippen molar-refractivity contribution >= 4 is 28.3 Å². The van der Waals surface area contributed by atoms with Gasteiger partial charge in [-0.05, 0) is 42.8 Å². The van der Waals surface area contributed by atoms with Crippen LogP contribution in [-0.2, 0) is 22.2 Å². The zero-order valence-corrected chi connectivity index (χ0v) is 16.2. The van der Waals surface area contributed by atoms with Crippen LogP contribution in [0.3, 0.4) is 0 Å². The number of amides is 2. The Morgan fingerprint density at radius 2 is 1.84 bits per heavy atom. The first-order valence-electron chi connectivity index (χ1n) is 9.07. The normalized spacial score (nSPS) is 12.5. The fourth-order valence-electron chi connectivity index (χ4n) is 3.12. The van der Waals surface area contributed by atoms with Crippen molar-refractivity contribution in [2.75, 3.05) is 5.32 Å². The van der Waals surface area contributed by atoms with Crippen LogP contribution in [0.25, 0.3) is 10.8 Å². The maximum atomic E-state index is 13.7. The number of nitrogens with one attached hydrogen (secondary N) is 1. The number of nitrogens with two attached hydrogens (primary N) is 1. The lowest BCUT2D eigenvalue weighted by Gasteiger charge is -2.14. The number of hydrogen-bond donors (Lipinski definition) is 2. The minimum atomic E-state index is -4.83. The molecule has 0 unspecified atom stereocenters. The van der Waals surface area contributed by atoms with Crippen molar-refractivity contribution < 1.29 is 27.2 Å². The summed E-state index contributed by atoms with van der Waals surface area (Å²) in [6, 6.07) is 7.51. The highest BCUT2D eigenvalue weighted by atomic mass is 19.4. The number of aromatic nitrogens is 1. The van der Waals surface area contributed by atoms with Crippen molar-refractivity contribution in [3.05, 3.63) is 76.0 Å². The van der Waals surface area contributed by atoms with Gasteiger partial charge in [0.2, 0.25) is 11.8 Å². The summed E-state index contributed by atoms with van der Waals surface area (Å²) in [6.45, 7) is 1.48. The first kappa shape index (κ1) is 22.0. The fourth-order valence-corrected chi connectivity index (χ4v) is 3.12. The van der Waals surface area contributed by atoms with Gasteiger partial charge >= 0.3 is 6.18 Å². The summed E-state index contributed by atoms with van der Waals surface area (Å²) in [5.74, 6) is -2.76. The van der Waals surface area contributed by atoms with E-state index in [-0.39, 0.29) is 23.1 Å². The van der Waals surface area contributed by atoms with Gasteiger partial charge in [-0.1, -0.05) is 12.1 Å². The van der Waals surface area contributed by atoms with Gasteiger partial charge in [-0.2, -0.15) is 13.2 Å². The second kappa shape index (κ2) is 8.21. The van der Waals surface area contributed by atoms with Gasteiger partial charge in [0.1, 0.15) is 11.9 Å². The average molecular weight is 435 g/mol. The standard InChI is InChI=1S/C21H17F4N3O3/c1-11(19(26)30)28-8-7-13-14(20(28)31)3-2-4-17(13)27-18(29)10-12-5-6-15(16(22)9-12)21(23,24)25/h2-9,11H,10H2,1H3,(H2,26,30)(H,27,29)/t11-/m0/s1. The van der Waals surface area contributed by atoms with Crippen LogP contribution in [-0.4, -0.2) is 16.4 Å². The van der Waals surface area contributed by atoms with E-state index < -0.39 is 41.0 Å². The third kappa shape index (κ3) is 4.57. The Morgan fingerprint density at radius 3 is 2.45 bits per heavy atom. The van der Waals surface area contributed by atoms with E-state index in [0.717, 1.165) is 6.07 Å². The lowest BCUT2D eigenvalue weighted by atomic mass is 10.1. The summed E-state index contributed by atoms with van der Waals surface area (Å²) in [6.07, 6.45) is -3.82. The molecule has 31 heavy (non-hydrogen) atoms. The summed E-state index contributed by atoms with van der Waals surface area (Å²) in [5.41, 5.74) is 3.70. The molecule has 2 aromatic carbocycles. The monoisotopic (exact) mass is 435 g/mol. The molecule has 3 aromatic rings. The van der Waals surface area contributed by atoms with E-state index in [1.807, 2.05) is 0 Å². The molecule has 10 heteroatoms. The maximum absolute atomic E-state index is 13.7. The number of carbonyl (C=O) groups excluding carboxylic acids is 2. The Labute approximate surface area is 173 Å². The zero-order chi connectivity index (χ0) is 22.9. The molecule has 162 valence electrons. The molecule has 1 heterocycles. The third-order valence-corrected chi connectivity index (χ3v) is 4.78. The zero-order valence-electron chi connectivity index (χ0n) is 16.2. The molecule has 0 saturated carbocycles. The van der Waals surface area contributed by atoms with Crippen LogP contribution in [0.2, 0.25) is 0 Å². The highest BCUT2D eigenvalue weighted by Gasteiger charge is 2.34. The van der Waals surface area contributed by atoms with Gasteiger partial charge in [0.25, 0.3) is 5.56 Å². The number of nitrogens with zero attached hydrogens (tertiary/aromatic N) is 1. The van der Waals surface area contributed by atoms with E-state index in [4.69, 9.17) is 5.73 Å². The quantitative estimate of drug-likeness (QED) is 0.602. The van der Waals surface area contributed by atoms with Crippen LogP contribution < -0.4 is 16.6 Å². The minimum Gasteiger partial charge on any atom is -0.368 e. The van der Waals surface area contributed by atoms with Gasteiger partial charge in [0.15, 0.2) is 0 Å². The van der Waals surface area contributed by atoms with Crippen molar-refractivity contribution in [1.29, 1.82) is 0 Å². The number of halogens is 4. The molecule has 6 nitrogen and oxygen atoms in total. The number of rotatable bonds is 5. The Balaban J connectivity index is 1.86. The first-order valence-corrected chi connectivity index (χ1v) is 9.07. The maximum Gasteiger partial charge on any atom is 0.419 e. The fraction of sp³-hybridized carbons (Fsp3) is 0.190. The van der Waals surface area contributed by atoms with E-state index in [9.17, 15) is 31.9 Å². The molecular formula is C21H17F4N3O3. The predicted octanol–water partition coefficient (Wildman–Crippen LogP) is 3.39. The minimum absolute atomic E-state index is 0.0564. The van der Waals surface area contributed by atoms with Crippen molar-refractivity contribution in [1.82, 2.24) is 4.57 Å². The number of hydrogen-bond acceptors (Lipinski definition) is 3. The molecule has 0 fully saturated rings. The molecule has 3 rings (SSSR count). The van der Waals surface area contributed by atoms with Gasteiger partial charge in [0.05, 0.1) is 12.0 Å². The molecule has 3 N–H and O–H groups in total. The SMILES string of the molecule is C[C@@H](C(N)=O)n1ccc2c(NC(=O)Cc3ccc(C(F)(F)F)c(F)c3)cccc2c1=O. The highest BCUT2D eigenvalue weighted by Crippen LogP contribution is 2.31. The number of pyridine rings is 1. The van der Waals surface area contributed by atoms with Crippen LogP contribution in [0, 0.1) is 5.82 Å². The summed E-state index contributed by atoms with van der Waals surface area (Å²) < 4.78 is 52.9. The second-order valence-electron chi connectivity index (χ2n) is 6.91. The highest BCUT2D eigenvalue weighted by molar-refractivity contribution is 6.02. The van der Waals surface area contributed by atoms with E-state index >= 15 is 0 Å². The van der Waals surface area contributed by atoms with Crippen LogP contribution in [0.15, 0.2) is 53.5 Å². The number of primary amides is 1. The van der Waals surface area contributed by atoms with Gasteiger partial charge in [-0.3, -0.25) is 14.4 Å². The van der Waals surface area contributed by atoms with Crippen LogP contribution >= 0.6 is 0 Å². The van der Waals surface area contributed by atoms with Gasteiger partial charge < -0.3 is 15.6 Å². The Kier molecular flexibility index (Phi) is 5.83. The number of benzene rings is 2. The van der Waals surface area contributed by atoms with Crippen molar-refractivity contribution in [3.8, 4) is 0 Å². The predicted molar refractivity (Wildman–Crippen MR) is 106 cm³/mol. The molecular weight excluding hydrogens is 418 g/mol. The Bertz CT molecular complexity index is 1230. The van der Waals surface area contributed by atoms with E-state index in [0.29, 0.717) is 17.5 Å². The summed E-state index contributed by atoms with van der Waals surface area (Å²) in [4.78, 5) is 36.4.